The van der Waals surface area contributed by atoms with Gasteiger partial charge in [0.15, 0.2) is 0 Å². The molecule has 0 atom stereocenters. The maximum Gasteiger partial charge on any atom is 0.132 e. The molecule has 2 N–H and O–H groups in total. The molecule has 1 aliphatic rings. The lowest BCUT2D eigenvalue weighted by Crippen LogP contribution is -2.08. The van der Waals surface area contributed by atoms with E-state index in [0.717, 1.165) is 35.4 Å². The van der Waals surface area contributed by atoms with E-state index in [1.54, 1.807) is 16.8 Å². The molecule has 4 rings (SSSR count). The summed E-state index contributed by atoms with van der Waals surface area (Å²) in [5, 5.41) is 8.03. The Morgan fingerprint density at radius 3 is 2.90 bits per heavy atom. The lowest BCUT2D eigenvalue weighted by atomic mass is 10.3. The number of aromatic nitrogens is 5. The summed E-state index contributed by atoms with van der Waals surface area (Å²) in [7, 11) is 0. The normalized spacial score (nSPS) is 15.0. The molecule has 2 heterocycles. The number of nitrogens with zero attached hydrogens (tertiary/aromatic N) is 5. The average Bonchev–Trinajstić information content (AvgIpc) is 3.10. The van der Waals surface area contributed by atoms with Crippen LogP contribution in [0.3, 0.4) is 0 Å². The van der Waals surface area contributed by atoms with Gasteiger partial charge in [-0.05, 0) is 31.0 Å². The van der Waals surface area contributed by atoms with Gasteiger partial charge in [0.25, 0.3) is 0 Å². The molecule has 0 spiro atoms. The van der Waals surface area contributed by atoms with Crippen LogP contribution in [0.1, 0.15) is 30.4 Å². The third-order valence-corrected chi connectivity index (χ3v) is 3.74. The Kier molecular flexibility index (Phi) is 2.75. The number of hydrogen-bond acceptors (Lipinski definition) is 4. The first-order chi connectivity index (χ1) is 10.2. The molecule has 0 bridgehead atoms. The van der Waals surface area contributed by atoms with Crippen molar-refractivity contribution in [3.05, 3.63) is 41.7 Å². The standard InChI is InChI=1S/C14H15FN6/c15-9-1-4-12-13(5-9)21(11-2-3-11)14(17-12)8-20-7-10(6-16)18-19-20/h1,4-5,7,11H,2-3,6,8,16H2. The molecule has 0 saturated heterocycles. The lowest BCUT2D eigenvalue weighted by Gasteiger charge is -2.07. The van der Waals surface area contributed by atoms with Crippen molar-refractivity contribution in [2.24, 2.45) is 5.73 Å². The van der Waals surface area contributed by atoms with E-state index in [0.29, 0.717) is 19.1 Å². The van der Waals surface area contributed by atoms with Crippen LogP contribution in [0.5, 0.6) is 0 Å². The van der Waals surface area contributed by atoms with Gasteiger partial charge >= 0.3 is 0 Å². The van der Waals surface area contributed by atoms with E-state index in [9.17, 15) is 4.39 Å². The van der Waals surface area contributed by atoms with Crippen LogP contribution in [-0.2, 0) is 13.1 Å². The Morgan fingerprint density at radius 1 is 1.33 bits per heavy atom. The number of benzene rings is 1. The van der Waals surface area contributed by atoms with E-state index >= 15 is 0 Å². The average molecular weight is 286 g/mol. The second-order valence-electron chi connectivity index (χ2n) is 5.37. The number of fused-ring (bicyclic) bond motifs is 1. The van der Waals surface area contributed by atoms with E-state index < -0.39 is 0 Å². The minimum atomic E-state index is -0.234. The topological polar surface area (TPSA) is 74.6 Å². The van der Waals surface area contributed by atoms with Crippen molar-refractivity contribution in [2.45, 2.75) is 32.0 Å². The van der Waals surface area contributed by atoms with Gasteiger partial charge in [-0.1, -0.05) is 5.21 Å². The monoisotopic (exact) mass is 286 g/mol. The summed E-state index contributed by atoms with van der Waals surface area (Å²) in [5.74, 6) is 0.647. The van der Waals surface area contributed by atoms with Gasteiger partial charge < -0.3 is 10.3 Å². The van der Waals surface area contributed by atoms with Gasteiger partial charge in [-0.25, -0.2) is 14.1 Å². The molecule has 0 aliphatic heterocycles. The summed E-state index contributed by atoms with van der Waals surface area (Å²) in [6.45, 7) is 0.879. The largest absolute Gasteiger partial charge is 0.325 e. The summed E-state index contributed by atoms with van der Waals surface area (Å²) in [4.78, 5) is 4.62. The predicted molar refractivity (Wildman–Crippen MR) is 75.0 cm³/mol. The number of halogens is 1. The minimum Gasteiger partial charge on any atom is -0.325 e. The molecule has 1 aliphatic carbocycles. The Labute approximate surface area is 120 Å². The predicted octanol–water partition coefficient (Wildman–Crippen LogP) is 1.61. The van der Waals surface area contributed by atoms with Gasteiger partial charge in [-0.2, -0.15) is 0 Å². The van der Waals surface area contributed by atoms with Crippen LogP contribution in [-0.4, -0.2) is 24.5 Å². The maximum absolute atomic E-state index is 13.5. The number of imidazole rings is 1. The van der Waals surface area contributed by atoms with Crippen molar-refractivity contribution in [1.82, 2.24) is 24.5 Å². The summed E-state index contributed by atoms with van der Waals surface area (Å²) in [5.41, 5.74) is 7.96. The highest BCUT2D eigenvalue weighted by Gasteiger charge is 2.28. The van der Waals surface area contributed by atoms with Gasteiger partial charge in [-0.15, -0.1) is 5.10 Å². The fourth-order valence-corrected chi connectivity index (χ4v) is 2.62. The number of rotatable bonds is 4. The van der Waals surface area contributed by atoms with E-state index in [-0.39, 0.29) is 5.82 Å². The van der Waals surface area contributed by atoms with Gasteiger partial charge in [0.2, 0.25) is 0 Å². The number of hydrogen-bond donors (Lipinski definition) is 1. The summed E-state index contributed by atoms with van der Waals surface area (Å²) >= 11 is 0. The third kappa shape index (κ3) is 2.19. The zero-order valence-electron chi connectivity index (χ0n) is 11.4. The van der Waals surface area contributed by atoms with Gasteiger partial charge in [0, 0.05) is 12.6 Å². The molecule has 1 aromatic carbocycles. The highest BCUT2D eigenvalue weighted by molar-refractivity contribution is 5.76. The van der Waals surface area contributed by atoms with Crippen LogP contribution in [0, 0.1) is 5.82 Å². The van der Waals surface area contributed by atoms with Crippen LogP contribution < -0.4 is 5.73 Å². The van der Waals surface area contributed by atoms with Crippen LogP contribution in [0.2, 0.25) is 0 Å². The fourth-order valence-electron chi connectivity index (χ4n) is 2.62. The molecule has 7 heteroatoms. The summed E-state index contributed by atoms with van der Waals surface area (Å²) in [6.07, 6.45) is 4.04. The molecular formula is C14H15FN6. The van der Waals surface area contributed by atoms with E-state index in [1.165, 1.54) is 6.07 Å². The molecule has 2 aromatic heterocycles. The minimum absolute atomic E-state index is 0.234. The molecular weight excluding hydrogens is 271 g/mol. The van der Waals surface area contributed by atoms with Crippen molar-refractivity contribution >= 4 is 11.0 Å². The third-order valence-electron chi connectivity index (χ3n) is 3.74. The Bertz CT molecular complexity index is 801. The zero-order valence-corrected chi connectivity index (χ0v) is 11.4. The van der Waals surface area contributed by atoms with E-state index in [1.807, 2.05) is 6.20 Å². The summed E-state index contributed by atoms with van der Waals surface area (Å²) < 4.78 is 17.4. The van der Waals surface area contributed by atoms with Crippen LogP contribution in [0.15, 0.2) is 24.4 Å². The van der Waals surface area contributed by atoms with Crippen molar-refractivity contribution in [3.8, 4) is 0 Å². The first kappa shape index (κ1) is 12.5. The van der Waals surface area contributed by atoms with Crippen molar-refractivity contribution in [2.75, 3.05) is 0 Å². The van der Waals surface area contributed by atoms with Gasteiger partial charge in [0.1, 0.15) is 18.2 Å². The molecule has 21 heavy (non-hydrogen) atoms. The molecule has 6 nitrogen and oxygen atoms in total. The van der Waals surface area contributed by atoms with Gasteiger partial charge in [-0.3, -0.25) is 0 Å². The molecule has 3 aromatic rings. The second-order valence-corrected chi connectivity index (χ2v) is 5.37. The van der Waals surface area contributed by atoms with Crippen LogP contribution in [0.4, 0.5) is 4.39 Å². The Morgan fingerprint density at radius 2 is 2.19 bits per heavy atom. The number of nitrogens with two attached hydrogens (primary N) is 1. The van der Waals surface area contributed by atoms with Crippen molar-refractivity contribution in [3.63, 3.8) is 0 Å². The Hall–Kier alpha value is -2.28. The zero-order chi connectivity index (χ0) is 14.4. The molecule has 1 saturated carbocycles. The molecule has 108 valence electrons. The quantitative estimate of drug-likeness (QED) is 0.790. The molecule has 1 fully saturated rings. The molecule has 0 unspecified atom stereocenters. The maximum atomic E-state index is 13.5. The lowest BCUT2D eigenvalue weighted by molar-refractivity contribution is 0.588. The van der Waals surface area contributed by atoms with Gasteiger partial charge in [0.05, 0.1) is 22.9 Å². The van der Waals surface area contributed by atoms with E-state index in [4.69, 9.17) is 5.73 Å². The first-order valence-corrected chi connectivity index (χ1v) is 7.00. The van der Waals surface area contributed by atoms with E-state index in [2.05, 4.69) is 19.9 Å². The first-order valence-electron chi connectivity index (χ1n) is 7.00. The smallest absolute Gasteiger partial charge is 0.132 e. The molecule has 0 amide bonds. The van der Waals surface area contributed by atoms with Crippen LogP contribution in [0.25, 0.3) is 11.0 Å². The SMILES string of the molecule is NCc1cn(Cc2nc3ccc(F)cc3n2C2CC2)nn1. The Balaban J connectivity index is 1.78. The molecule has 0 radical (unpaired) electrons. The van der Waals surface area contributed by atoms with Crippen LogP contribution >= 0.6 is 0 Å². The fraction of sp³-hybridized carbons (Fsp3) is 0.357. The van der Waals surface area contributed by atoms with Crippen molar-refractivity contribution < 1.29 is 4.39 Å². The highest BCUT2D eigenvalue weighted by atomic mass is 19.1. The summed E-state index contributed by atoms with van der Waals surface area (Å²) in [6, 6.07) is 5.14. The van der Waals surface area contributed by atoms with Crippen molar-refractivity contribution in [1.29, 1.82) is 0 Å². The second kappa shape index (κ2) is 4.63. The highest BCUT2D eigenvalue weighted by Crippen LogP contribution is 2.38.